The first-order chi connectivity index (χ1) is 15.2. The van der Waals surface area contributed by atoms with Gasteiger partial charge in [0.25, 0.3) is 5.56 Å². The second-order valence-corrected chi connectivity index (χ2v) is 9.00. The van der Waals surface area contributed by atoms with Gasteiger partial charge < -0.3 is 9.30 Å². The van der Waals surface area contributed by atoms with Crippen LogP contribution < -0.4 is 16.0 Å². The number of rotatable bonds is 9. The van der Waals surface area contributed by atoms with E-state index in [-0.39, 0.29) is 28.5 Å². The monoisotopic (exact) mass is 463 g/mol. The summed E-state index contributed by atoms with van der Waals surface area (Å²) in [5.74, 6) is -0.568. The molecule has 3 rings (SSSR count). The first-order valence-electron chi connectivity index (χ1n) is 10.1. The fraction of sp³-hybridized carbons (Fsp3) is 0.400. The highest BCUT2D eigenvalue weighted by Gasteiger charge is 2.24. The van der Waals surface area contributed by atoms with Crippen molar-refractivity contribution in [3.63, 3.8) is 0 Å². The second kappa shape index (κ2) is 9.49. The number of nitrogens with one attached hydrogen (secondary N) is 2. The molecular weight excluding hydrogens is 438 g/mol. The van der Waals surface area contributed by atoms with E-state index in [2.05, 4.69) is 14.7 Å². The number of imidazole rings is 1. The third kappa shape index (κ3) is 4.81. The van der Waals surface area contributed by atoms with Crippen LogP contribution in [0.2, 0.25) is 0 Å². The van der Waals surface area contributed by atoms with Crippen LogP contribution >= 0.6 is 0 Å². The predicted molar refractivity (Wildman–Crippen MR) is 117 cm³/mol. The number of aromatic nitrogens is 4. The molecule has 0 saturated carbocycles. The van der Waals surface area contributed by atoms with Crippen molar-refractivity contribution >= 4 is 27.2 Å². The maximum atomic E-state index is 12.4. The summed E-state index contributed by atoms with van der Waals surface area (Å²) in [6, 6.07) is 6.50. The standard InChI is InChI=1S/C20H25N5O6S/c1-4-5-11-25-17-16(18(26)22-20(25)28)24(3)15(21-17)12-31-19(27)13(2)23-32(29,30)14-9-7-6-8-10-14/h6-10,13,23H,4-5,11-12H2,1-3H3,(H,22,26,28)/t13-/m0/s1. The van der Waals surface area contributed by atoms with E-state index in [9.17, 15) is 22.8 Å². The molecule has 1 aromatic carbocycles. The molecule has 0 aliphatic heterocycles. The Bertz CT molecular complexity index is 1340. The van der Waals surface area contributed by atoms with Gasteiger partial charge in [0.05, 0.1) is 4.90 Å². The van der Waals surface area contributed by atoms with Crippen LogP contribution in [-0.2, 0) is 39.8 Å². The largest absolute Gasteiger partial charge is 0.456 e. The number of benzene rings is 1. The number of nitrogens with zero attached hydrogens (tertiary/aromatic N) is 3. The molecular formula is C20H25N5O6S. The normalized spacial score (nSPS) is 12.7. The zero-order valence-corrected chi connectivity index (χ0v) is 18.8. The molecule has 0 aliphatic carbocycles. The highest BCUT2D eigenvalue weighted by molar-refractivity contribution is 7.89. The predicted octanol–water partition coefficient (Wildman–Crippen LogP) is 0.634. The minimum Gasteiger partial charge on any atom is -0.456 e. The summed E-state index contributed by atoms with van der Waals surface area (Å²) in [7, 11) is -2.32. The van der Waals surface area contributed by atoms with Crippen molar-refractivity contribution in [2.75, 3.05) is 0 Å². The Kier molecular flexibility index (Phi) is 6.94. The van der Waals surface area contributed by atoms with E-state index in [1.807, 2.05) is 6.92 Å². The summed E-state index contributed by atoms with van der Waals surface area (Å²) in [6.45, 7) is 3.43. The third-order valence-corrected chi connectivity index (χ3v) is 6.48. The van der Waals surface area contributed by atoms with E-state index in [0.717, 1.165) is 12.8 Å². The lowest BCUT2D eigenvalue weighted by Gasteiger charge is -2.13. The summed E-state index contributed by atoms with van der Waals surface area (Å²) >= 11 is 0. The average molecular weight is 464 g/mol. The molecule has 0 amide bonds. The molecule has 0 fully saturated rings. The minimum atomic E-state index is -3.90. The maximum absolute atomic E-state index is 12.4. The summed E-state index contributed by atoms with van der Waals surface area (Å²) in [5.41, 5.74) is -0.751. The van der Waals surface area contributed by atoms with E-state index in [0.29, 0.717) is 6.54 Å². The summed E-state index contributed by atoms with van der Waals surface area (Å²) in [5, 5.41) is 0. The average Bonchev–Trinajstić information content (AvgIpc) is 3.08. The molecule has 172 valence electrons. The van der Waals surface area contributed by atoms with E-state index >= 15 is 0 Å². The highest BCUT2D eigenvalue weighted by Crippen LogP contribution is 2.12. The molecule has 0 aliphatic rings. The Labute approximate surface area is 184 Å². The molecule has 0 spiro atoms. The van der Waals surface area contributed by atoms with Crippen LogP contribution in [0, 0.1) is 0 Å². The number of aryl methyl sites for hydroxylation is 2. The Morgan fingerprint density at radius 3 is 2.59 bits per heavy atom. The van der Waals surface area contributed by atoms with Gasteiger partial charge in [-0.25, -0.2) is 18.2 Å². The summed E-state index contributed by atoms with van der Waals surface area (Å²) in [6.07, 6.45) is 1.57. The number of H-pyrrole nitrogens is 1. The number of hydrogen-bond donors (Lipinski definition) is 2. The van der Waals surface area contributed by atoms with E-state index < -0.39 is 33.3 Å². The number of sulfonamides is 1. The van der Waals surface area contributed by atoms with E-state index in [1.54, 1.807) is 25.2 Å². The molecule has 12 heteroatoms. The van der Waals surface area contributed by atoms with Gasteiger partial charge in [0.15, 0.2) is 11.2 Å². The third-order valence-electron chi connectivity index (χ3n) is 4.92. The lowest BCUT2D eigenvalue weighted by Crippen LogP contribution is -2.39. The van der Waals surface area contributed by atoms with Gasteiger partial charge >= 0.3 is 11.7 Å². The molecule has 2 N–H and O–H groups in total. The number of carbonyl (C=O) groups is 1. The Balaban J connectivity index is 1.78. The van der Waals surface area contributed by atoms with Gasteiger partial charge in [-0.2, -0.15) is 4.72 Å². The number of esters is 1. The molecule has 1 atom stereocenters. The van der Waals surface area contributed by atoms with Crippen LogP contribution in [-0.4, -0.2) is 39.5 Å². The minimum absolute atomic E-state index is 0.0271. The van der Waals surface area contributed by atoms with E-state index in [1.165, 1.54) is 28.2 Å². The molecule has 0 saturated heterocycles. The Morgan fingerprint density at radius 2 is 1.94 bits per heavy atom. The lowest BCUT2D eigenvalue weighted by molar-refractivity contribution is -0.146. The fourth-order valence-electron chi connectivity index (χ4n) is 3.15. The van der Waals surface area contributed by atoms with Crippen molar-refractivity contribution in [3.05, 3.63) is 57.0 Å². The van der Waals surface area contributed by atoms with Crippen LogP contribution in [0.1, 0.15) is 32.5 Å². The van der Waals surface area contributed by atoms with Gasteiger partial charge in [-0.15, -0.1) is 0 Å². The molecule has 2 heterocycles. The van der Waals surface area contributed by atoms with Gasteiger partial charge in [0.2, 0.25) is 10.0 Å². The number of ether oxygens (including phenoxy) is 1. The van der Waals surface area contributed by atoms with Gasteiger partial charge in [0, 0.05) is 13.6 Å². The number of carbonyl (C=O) groups excluding carboxylic acids is 1. The summed E-state index contributed by atoms with van der Waals surface area (Å²) in [4.78, 5) is 43.5. The number of hydrogen-bond acceptors (Lipinski definition) is 7. The van der Waals surface area contributed by atoms with Gasteiger partial charge in [0.1, 0.15) is 18.5 Å². The summed E-state index contributed by atoms with van der Waals surface area (Å²) < 4.78 is 35.1. The van der Waals surface area contributed by atoms with Gasteiger partial charge in [-0.3, -0.25) is 19.1 Å². The van der Waals surface area contributed by atoms with Gasteiger partial charge in [-0.1, -0.05) is 31.5 Å². The van der Waals surface area contributed by atoms with Crippen molar-refractivity contribution in [2.24, 2.45) is 7.05 Å². The first kappa shape index (κ1) is 23.4. The van der Waals surface area contributed by atoms with Crippen LogP contribution in [0.25, 0.3) is 11.2 Å². The Morgan fingerprint density at radius 1 is 1.25 bits per heavy atom. The van der Waals surface area contributed by atoms with Crippen molar-refractivity contribution in [2.45, 2.75) is 50.8 Å². The molecule has 0 radical (unpaired) electrons. The van der Waals surface area contributed by atoms with Crippen molar-refractivity contribution in [1.82, 2.24) is 23.8 Å². The van der Waals surface area contributed by atoms with Crippen molar-refractivity contribution < 1.29 is 17.9 Å². The zero-order valence-electron chi connectivity index (χ0n) is 18.0. The van der Waals surface area contributed by atoms with Crippen LogP contribution in [0.15, 0.2) is 44.8 Å². The molecule has 2 aromatic heterocycles. The van der Waals surface area contributed by atoms with Crippen molar-refractivity contribution in [3.8, 4) is 0 Å². The zero-order chi connectivity index (χ0) is 23.5. The molecule has 3 aromatic rings. The number of aromatic amines is 1. The molecule has 32 heavy (non-hydrogen) atoms. The van der Waals surface area contributed by atoms with E-state index in [4.69, 9.17) is 4.74 Å². The number of fused-ring (bicyclic) bond motifs is 1. The second-order valence-electron chi connectivity index (χ2n) is 7.29. The molecule has 11 nitrogen and oxygen atoms in total. The molecule has 0 bridgehead atoms. The van der Waals surface area contributed by atoms with Crippen LogP contribution in [0.3, 0.4) is 0 Å². The van der Waals surface area contributed by atoms with Crippen LogP contribution in [0.5, 0.6) is 0 Å². The first-order valence-corrected chi connectivity index (χ1v) is 11.6. The van der Waals surface area contributed by atoms with Crippen molar-refractivity contribution in [1.29, 1.82) is 0 Å². The SMILES string of the molecule is CCCCn1c(=O)[nH]c(=O)c2c1nc(COC(=O)[C@H](C)NS(=O)(=O)c1ccccc1)n2C. The smallest absolute Gasteiger partial charge is 0.330 e. The number of unbranched alkanes of at least 4 members (excludes halogenated alkanes) is 1. The molecule has 0 unspecified atom stereocenters. The van der Waals surface area contributed by atoms with Crippen LogP contribution in [0.4, 0.5) is 0 Å². The highest BCUT2D eigenvalue weighted by atomic mass is 32.2. The fourth-order valence-corrected chi connectivity index (χ4v) is 4.37. The topological polar surface area (TPSA) is 145 Å². The Hall–Kier alpha value is -3.25. The lowest BCUT2D eigenvalue weighted by atomic mass is 10.3. The quantitative estimate of drug-likeness (QED) is 0.443. The van der Waals surface area contributed by atoms with Gasteiger partial charge in [-0.05, 0) is 25.5 Å². The maximum Gasteiger partial charge on any atom is 0.330 e.